The first-order valence-corrected chi connectivity index (χ1v) is 7.83. The SMILES string of the molecule is CCNCC1CCN(CCc2ccc(Cl)cc2)CC1. The van der Waals surface area contributed by atoms with Gasteiger partial charge in [0, 0.05) is 11.6 Å². The van der Waals surface area contributed by atoms with E-state index in [-0.39, 0.29) is 0 Å². The molecule has 1 fully saturated rings. The first-order valence-electron chi connectivity index (χ1n) is 7.45. The molecule has 1 aliphatic heterocycles. The largest absolute Gasteiger partial charge is 0.317 e. The lowest BCUT2D eigenvalue weighted by Crippen LogP contribution is -2.38. The van der Waals surface area contributed by atoms with Gasteiger partial charge in [0.05, 0.1) is 0 Å². The fourth-order valence-electron chi connectivity index (χ4n) is 2.70. The third kappa shape index (κ3) is 5.13. The van der Waals surface area contributed by atoms with E-state index in [1.165, 1.54) is 44.6 Å². The van der Waals surface area contributed by atoms with Crippen molar-refractivity contribution in [2.24, 2.45) is 5.92 Å². The molecule has 2 rings (SSSR count). The van der Waals surface area contributed by atoms with Crippen LogP contribution in [0.25, 0.3) is 0 Å². The van der Waals surface area contributed by atoms with E-state index in [9.17, 15) is 0 Å². The summed E-state index contributed by atoms with van der Waals surface area (Å²) in [7, 11) is 0. The summed E-state index contributed by atoms with van der Waals surface area (Å²) < 4.78 is 0. The van der Waals surface area contributed by atoms with Crippen molar-refractivity contribution in [1.82, 2.24) is 10.2 Å². The van der Waals surface area contributed by atoms with Crippen LogP contribution in [0.5, 0.6) is 0 Å². The molecule has 0 spiro atoms. The van der Waals surface area contributed by atoms with Crippen molar-refractivity contribution in [2.75, 3.05) is 32.7 Å². The molecule has 2 nitrogen and oxygen atoms in total. The summed E-state index contributed by atoms with van der Waals surface area (Å²) in [6.07, 6.45) is 3.82. The lowest BCUT2D eigenvalue weighted by Gasteiger charge is -2.32. The summed E-state index contributed by atoms with van der Waals surface area (Å²) in [5.41, 5.74) is 1.39. The zero-order valence-corrected chi connectivity index (χ0v) is 12.6. The predicted octanol–water partition coefficient (Wildman–Crippen LogP) is 3.20. The maximum absolute atomic E-state index is 5.90. The lowest BCUT2D eigenvalue weighted by molar-refractivity contribution is 0.184. The molecule has 0 amide bonds. The van der Waals surface area contributed by atoms with Gasteiger partial charge in [-0.05, 0) is 69.1 Å². The predicted molar refractivity (Wildman–Crippen MR) is 82.9 cm³/mol. The van der Waals surface area contributed by atoms with E-state index < -0.39 is 0 Å². The second-order valence-electron chi connectivity index (χ2n) is 5.47. The van der Waals surface area contributed by atoms with Crippen LogP contribution in [0.2, 0.25) is 5.02 Å². The Labute approximate surface area is 122 Å². The average Bonchev–Trinajstić information content (AvgIpc) is 2.46. The van der Waals surface area contributed by atoms with Crippen molar-refractivity contribution in [1.29, 1.82) is 0 Å². The van der Waals surface area contributed by atoms with E-state index in [0.717, 1.165) is 23.9 Å². The van der Waals surface area contributed by atoms with Gasteiger partial charge in [-0.25, -0.2) is 0 Å². The highest BCUT2D eigenvalue weighted by Gasteiger charge is 2.18. The zero-order chi connectivity index (χ0) is 13.5. The van der Waals surface area contributed by atoms with Gasteiger partial charge in [-0.1, -0.05) is 30.7 Å². The molecule has 1 aromatic carbocycles. The van der Waals surface area contributed by atoms with Crippen molar-refractivity contribution < 1.29 is 0 Å². The summed E-state index contributed by atoms with van der Waals surface area (Å²) in [6.45, 7) is 8.16. The molecule has 3 heteroatoms. The number of hydrogen-bond donors (Lipinski definition) is 1. The summed E-state index contributed by atoms with van der Waals surface area (Å²) in [5, 5.41) is 4.29. The molecule has 0 saturated carbocycles. The van der Waals surface area contributed by atoms with Crippen LogP contribution in [0.15, 0.2) is 24.3 Å². The first-order chi connectivity index (χ1) is 9.28. The lowest BCUT2D eigenvalue weighted by atomic mass is 9.96. The molecule has 1 aliphatic rings. The zero-order valence-electron chi connectivity index (χ0n) is 11.9. The van der Waals surface area contributed by atoms with Gasteiger partial charge in [0.15, 0.2) is 0 Å². The van der Waals surface area contributed by atoms with Gasteiger partial charge in [0.25, 0.3) is 0 Å². The molecular formula is C16H25ClN2. The minimum absolute atomic E-state index is 0.827. The number of nitrogens with zero attached hydrogens (tertiary/aromatic N) is 1. The first kappa shape index (κ1) is 14.8. The van der Waals surface area contributed by atoms with E-state index >= 15 is 0 Å². The molecule has 0 radical (unpaired) electrons. The van der Waals surface area contributed by atoms with Gasteiger partial charge < -0.3 is 10.2 Å². The molecule has 0 atom stereocenters. The number of hydrogen-bond acceptors (Lipinski definition) is 2. The van der Waals surface area contributed by atoms with E-state index in [1.54, 1.807) is 0 Å². The summed E-state index contributed by atoms with van der Waals surface area (Å²) in [5.74, 6) is 0.881. The van der Waals surface area contributed by atoms with Crippen LogP contribution in [0.3, 0.4) is 0 Å². The molecule has 0 bridgehead atoms. The van der Waals surface area contributed by atoms with Crippen molar-refractivity contribution in [3.63, 3.8) is 0 Å². The Morgan fingerprint density at radius 2 is 1.89 bits per heavy atom. The number of piperidine rings is 1. The summed E-state index contributed by atoms with van der Waals surface area (Å²) in [6, 6.07) is 8.25. The molecule has 19 heavy (non-hydrogen) atoms. The molecule has 0 unspecified atom stereocenters. The molecule has 0 aliphatic carbocycles. The third-order valence-corrected chi connectivity index (χ3v) is 4.27. The van der Waals surface area contributed by atoms with Crippen LogP contribution in [0, 0.1) is 5.92 Å². The second-order valence-corrected chi connectivity index (χ2v) is 5.91. The van der Waals surface area contributed by atoms with Gasteiger partial charge in [0.1, 0.15) is 0 Å². The van der Waals surface area contributed by atoms with Gasteiger partial charge in [-0.3, -0.25) is 0 Å². The fourth-order valence-corrected chi connectivity index (χ4v) is 2.83. The Hall–Kier alpha value is -0.570. The van der Waals surface area contributed by atoms with Gasteiger partial charge >= 0.3 is 0 Å². The Kier molecular flexibility index (Phi) is 6.15. The van der Waals surface area contributed by atoms with Crippen molar-refractivity contribution in [3.05, 3.63) is 34.9 Å². The molecule has 0 aromatic heterocycles. The standard InChI is InChI=1S/C16H25ClN2/c1-2-18-13-15-8-11-19(12-9-15)10-7-14-3-5-16(17)6-4-14/h3-6,15,18H,2,7-13H2,1H3. The number of rotatable bonds is 6. The molecule has 1 heterocycles. The van der Waals surface area contributed by atoms with Crippen molar-refractivity contribution in [2.45, 2.75) is 26.2 Å². The summed E-state index contributed by atoms with van der Waals surface area (Å²) in [4.78, 5) is 2.59. The van der Waals surface area contributed by atoms with Crippen LogP contribution >= 0.6 is 11.6 Å². The number of halogens is 1. The van der Waals surface area contributed by atoms with E-state index in [0.29, 0.717) is 0 Å². The fraction of sp³-hybridized carbons (Fsp3) is 0.625. The normalized spacial score (nSPS) is 17.8. The van der Waals surface area contributed by atoms with Crippen molar-refractivity contribution in [3.8, 4) is 0 Å². The molecule has 1 saturated heterocycles. The molecule has 106 valence electrons. The topological polar surface area (TPSA) is 15.3 Å². The van der Waals surface area contributed by atoms with Gasteiger partial charge in [0.2, 0.25) is 0 Å². The minimum Gasteiger partial charge on any atom is -0.317 e. The number of likely N-dealkylation sites (tertiary alicyclic amines) is 1. The smallest absolute Gasteiger partial charge is 0.0406 e. The third-order valence-electron chi connectivity index (χ3n) is 4.02. The molecule has 1 aromatic rings. The monoisotopic (exact) mass is 280 g/mol. The minimum atomic E-state index is 0.827. The van der Waals surface area contributed by atoms with Crippen LogP contribution in [0.1, 0.15) is 25.3 Å². The Morgan fingerprint density at radius 3 is 2.53 bits per heavy atom. The Morgan fingerprint density at radius 1 is 1.21 bits per heavy atom. The Balaban J connectivity index is 1.67. The van der Waals surface area contributed by atoms with Crippen LogP contribution in [0.4, 0.5) is 0 Å². The molecular weight excluding hydrogens is 256 g/mol. The Bertz CT molecular complexity index is 356. The average molecular weight is 281 g/mol. The van der Waals surface area contributed by atoms with Gasteiger partial charge in [-0.15, -0.1) is 0 Å². The summed E-state index contributed by atoms with van der Waals surface area (Å²) >= 11 is 5.90. The number of benzene rings is 1. The quantitative estimate of drug-likeness (QED) is 0.861. The van der Waals surface area contributed by atoms with Crippen LogP contribution in [-0.2, 0) is 6.42 Å². The maximum atomic E-state index is 5.90. The van der Waals surface area contributed by atoms with Crippen LogP contribution in [-0.4, -0.2) is 37.6 Å². The van der Waals surface area contributed by atoms with Gasteiger partial charge in [-0.2, -0.15) is 0 Å². The highest BCUT2D eigenvalue weighted by atomic mass is 35.5. The van der Waals surface area contributed by atoms with Crippen LogP contribution < -0.4 is 5.32 Å². The molecule has 1 N–H and O–H groups in total. The van der Waals surface area contributed by atoms with E-state index in [4.69, 9.17) is 11.6 Å². The number of nitrogens with one attached hydrogen (secondary N) is 1. The van der Waals surface area contributed by atoms with E-state index in [1.807, 2.05) is 12.1 Å². The highest BCUT2D eigenvalue weighted by molar-refractivity contribution is 6.30. The highest BCUT2D eigenvalue weighted by Crippen LogP contribution is 2.17. The second kappa shape index (κ2) is 7.88. The maximum Gasteiger partial charge on any atom is 0.0406 e. The van der Waals surface area contributed by atoms with E-state index in [2.05, 4.69) is 29.3 Å². The van der Waals surface area contributed by atoms with Crippen molar-refractivity contribution >= 4 is 11.6 Å².